The summed E-state index contributed by atoms with van der Waals surface area (Å²) in [6, 6.07) is 19.6. The summed E-state index contributed by atoms with van der Waals surface area (Å²) in [5.74, 6) is -3.81. The molecule has 3 aromatic carbocycles. The molecule has 4 rings (SSSR count). The molecule has 204 valence electrons. The van der Waals surface area contributed by atoms with E-state index in [0.717, 1.165) is 23.3 Å². The molecular formula is C30H31F2N3O4. The van der Waals surface area contributed by atoms with Gasteiger partial charge in [0, 0.05) is 13.1 Å². The number of hydrogen-bond acceptors (Lipinski definition) is 4. The van der Waals surface area contributed by atoms with Gasteiger partial charge in [0.25, 0.3) is 5.91 Å². The lowest BCUT2D eigenvalue weighted by Crippen LogP contribution is -2.53. The second-order valence-electron chi connectivity index (χ2n) is 9.85. The monoisotopic (exact) mass is 535 g/mol. The average Bonchev–Trinajstić information content (AvgIpc) is 3.05. The number of aliphatic hydroxyl groups is 1. The third-order valence-corrected chi connectivity index (χ3v) is 7.11. The first kappa shape index (κ1) is 27.9. The van der Waals surface area contributed by atoms with Crippen LogP contribution in [0.3, 0.4) is 0 Å². The smallest absolute Gasteiger partial charge is 0.254 e. The Hall–Kier alpha value is -4.11. The number of halogens is 2. The third kappa shape index (κ3) is 6.67. The Morgan fingerprint density at radius 3 is 2.05 bits per heavy atom. The molecule has 0 bridgehead atoms. The summed E-state index contributed by atoms with van der Waals surface area (Å²) in [6.45, 7) is 1.40. The second-order valence-corrected chi connectivity index (χ2v) is 9.85. The van der Waals surface area contributed by atoms with E-state index in [1.54, 1.807) is 11.9 Å². The Labute approximate surface area is 225 Å². The minimum atomic E-state index is -1.88. The van der Waals surface area contributed by atoms with Gasteiger partial charge in [0.1, 0.15) is 23.7 Å². The van der Waals surface area contributed by atoms with Crippen molar-refractivity contribution in [2.45, 2.75) is 49.9 Å². The molecule has 1 aliphatic rings. The molecule has 0 radical (unpaired) electrons. The van der Waals surface area contributed by atoms with Crippen LogP contribution < -0.4 is 10.6 Å². The predicted molar refractivity (Wildman–Crippen MR) is 141 cm³/mol. The van der Waals surface area contributed by atoms with E-state index in [1.807, 2.05) is 60.7 Å². The fraction of sp³-hybridized carbons (Fsp3) is 0.300. The van der Waals surface area contributed by atoms with Crippen LogP contribution in [-0.2, 0) is 14.4 Å². The highest BCUT2D eigenvalue weighted by atomic mass is 19.1. The molecule has 1 heterocycles. The predicted octanol–water partition coefficient (Wildman–Crippen LogP) is 3.77. The van der Waals surface area contributed by atoms with Gasteiger partial charge >= 0.3 is 0 Å². The maximum atomic E-state index is 13.6. The van der Waals surface area contributed by atoms with Crippen LogP contribution in [0, 0.1) is 11.6 Å². The Kier molecular flexibility index (Phi) is 8.71. The minimum Gasteiger partial charge on any atom is -0.378 e. The maximum absolute atomic E-state index is 13.6. The summed E-state index contributed by atoms with van der Waals surface area (Å²) in [6.07, 6.45) is -0.871. The van der Waals surface area contributed by atoms with Crippen molar-refractivity contribution in [3.63, 3.8) is 0 Å². The summed E-state index contributed by atoms with van der Waals surface area (Å²) in [7, 11) is 1.71. The Balaban J connectivity index is 1.50. The van der Waals surface area contributed by atoms with Gasteiger partial charge in [-0.25, -0.2) is 8.78 Å². The second kappa shape index (κ2) is 12.2. The van der Waals surface area contributed by atoms with Gasteiger partial charge in [-0.05, 0) is 54.5 Å². The van der Waals surface area contributed by atoms with Crippen LogP contribution in [0.25, 0.3) is 0 Å². The van der Waals surface area contributed by atoms with Crippen molar-refractivity contribution >= 4 is 17.7 Å². The standard InChI is InChI=1S/C30H31F2N3O4/c1-18(33-29(38)27(36)22-13-23(31)17-24(32)14-22)28(37)34-25-15-21(19-9-5-3-6-10-19)16-26(35(2)30(25)39)20-11-7-4-8-12-20/h3-14,17-18,21,25-27,36H,15-16H2,1-2H3,(H,33,38)(H,34,37)/t18-,21+,25-,26+,27+/m0/s1. The van der Waals surface area contributed by atoms with E-state index < -0.39 is 41.6 Å². The summed E-state index contributed by atoms with van der Waals surface area (Å²) in [5.41, 5.74) is 1.76. The fourth-order valence-electron chi connectivity index (χ4n) is 5.00. The molecule has 0 spiro atoms. The SMILES string of the molecule is C[C@H](NC(=O)[C@H](O)c1cc(F)cc(F)c1)C(=O)N[C@H]1C[C@@H](c2ccccc2)C[C@H](c2ccccc2)N(C)C1=O. The first-order valence-electron chi connectivity index (χ1n) is 12.8. The summed E-state index contributed by atoms with van der Waals surface area (Å²) < 4.78 is 27.0. The summed E-state index contributed by atoms with van der Waals surface area (Å²) in [5, 5.41) is 15.4. The van der Waals surface area contributed by atoms with Crippen LogP contribution in [0.15, 0.2) is 78.9 Å². The zero-order chi connectivity index (χ0) is 28.1. The number of amides is 3. The highest BCUT2D eigenvalue weighted by molar-refractivity contribution is 5.93. The van der Waals surface area contributed by atoms with E-state index in [4.69, 9.17) is 0 Å². The fourth-order valence-corrected chi connectivity index (χ4v) is 5.00. The van der Waals surface area contributed by atoms with Crippen molar-refractivity contribution in [3.05, 3.63) is 107 Å². The number of carbonyl (C=O) groups is 3. The number of nitrogens with zero attached hydrogens (tertiary/aromatic N) is 1. The molecule has 5 atom stereocenters. The zero-order valence-corrected chi connectivity index (χ0v) is 21.7. The van der Waals surface area contributed by atoms with E-state index >= 15 is 0 Å². The number of aliphatic hydroxyl groups excluding tert-OH is 1. The molecule has 3 N–H and O–H groups in total. The van der Waals surface area contributed by atoms with E-state index in [9.17, 15) is 28.3 Å². The Bertz CT molecular complexity index is 1300. The molecule has 1 fully saturated rings. The highest BCUT2D eigenvalue weighted by Gasteiger charge is 2.38. The van der Waals surface area contributed by atoms with Crippen molar-refractivity contribution in [1.29, 1.82) is 0 Å². The van der Waals surface area contributed by atoms with Gasteiger partial charge in [-0.1, -0.05) is 60.7 Å². The van der Waals surface area contributed by atoms with Crippen LogP contribution in [0.4, 0.5) is 8.78 Å². The Morgan fingerprint density at radius 1 is 0.897 bits per heavy atom. The number of likely N-dealkylation sites (N-methyl/N-ethyl adjacent to an activating group) is 1. The lowest BCUT2D eigenvalue weighted by atomic mass is 9.86. The molecule has 0 aliphatic carbocycles. The van der Waals surface area contributed by atoms with Crippen LogP contribution in [0.2, 0.25) is 0 Å². The lowest BCUT2D eigenvalue weighted by Gasteiger charge is -2.29. The molecule has 3 aromatic rings. The minimum absolute atomic E-state index is 0.0369. The van der Waals surface area contributed by atoms with E-state index in [-0.39, 0.29) is 23.4 Å². The molecule has 7 nitrogen and oxygen atoms in total. The number of benzene rings is 3. The number of hydrogen-bond donors (Lipinski definition) is 3. The molecule has 0 unspecified atom stereocenters. The van der Waals surface area contributed by atoms with Gasteiger partial charge in [-0.15, -0.1) is 0 Å². The molecular weight excluding hydrogens is 504 g/mol. The van der Waals surface area contributed by atoms with Crippen molar-refractivity contribution < 1.29 is 28.3 Å². The zero-order valence-electron chi connectivity index (χ0n) is 21.7. The molecule has 1 aliphatic heterocycles. The molecule has 3 amide bonds. The van der Waals surface area contributed by atoms with Gasteiger partial charge in [0.05, 0.1) is 6.04 Å². The van der Waals surface area contributed by atoms with Crippen LogP contribution in [0.1, 0.15) is 54.5 Å². The van der Waals surface area contributed by atoms with Crippen LogP contribution in [0.5, 0.6) is 0 Å². The van der Waals surface area contributed by atoms with Crippen molar-refractivity contribution in [3.8, 4) is 0 Å². The van der Waals surface area contributed by atoms with Gasteiger partial charge in [0.2, 0.25) is 11.8 Å². The molecule has 0 aromatic heterocycles. The number of carbonyl (C=O) groups excluding carboxylic acids is 3. The van der Waals surface area contributed by atoms with Gasteiger partial charge in [-0.2, -0.15) is 0 Å². The van der Waals surface area contributed by atoms with Crippen molar-refractivity contribution in [2.75, 3.05) is 7.05 Å². The van der Waals surface area contributed by atoms with Crippen molar-refractivity contribution in [1.82, 2.24) is 15.5 Å². The van der Waals surface area contributed by atoms with Gasteiger partial charge < -0.3 is 20.6 Å². The first-order chi connectivity index (χ1) is 18.6. The molecule has 0 saturated carbocycles. The van der Waals surface area contributed by atoms with E-state index in [1.165, 1.54) is 6.92 Å². The highest BCUT2D eigenvalue weighted by Crippen LogP contribution is 2.38. The third-order valence-electron chi connectivity index (χ3n) is 7.11. The van der Waals surface area contributed by atoms with Gasteiger partial charge in [-0.3, -0.25) is 14.4 Å². The Morgan fingerprint density at radius 2 is 1.46 bits per heavy atom. The van der Waals surface area contributed by atoms with E-state index in [2.05, 4.69) is 10.6 Å². The van der Waals surface area contributed by atoms with Crippen LogP contribution in [-0.4, -0.2) is 46.9 Å². The topological polar surface area (TPSA) is 98.7 Å². The first-order valence-corrected chi connectivity index (χ1v) is 12.8. The van der Waals surface area contributed by atoms with Gasteiger partial charge in [0.15, 0.2) is 6.10 Å². The largest absolute Gasteiger partial charge is 0.378 e. The number of likely N-dealkylation sites (tertiary alicyclic amines) is 1. The normalized spacial score (nSPS) is 21.0. The van der Waals surface area contributed by atoms with E-state index in [0.29, 0.717) is 18.9 Å². The average molecular weight is 536 g/mol. The number of nitrogens with one attached hydrogen (secondary N) is 2. The molecule has 9 heteroatoms. The maximum Gasteiger partial charge on any atom is 0.254 e. The summed E-state index contributed by atoms with van der Waals surface area (Å²) >= 11 is 0. The molecule has 1 saturated heterocycles. The number of rotatable bonds is 7. The van der Waals surface area contributed by atoms with Crippen molar-refractivity contribution in [2.24, 2.45) is 0 Å². The van der Waals surface area contributed by atoms with Crippen LogP contribution >= 0.6 is 0 Å². The quantitative estimate of drug-likeness (QED) is 0.429. The lowest BCUT2D eigenvalue weighted by molar-refractivity contribution is -0.138. The molecule has 39 heavy (non-hydrogen) atoms. The summed E-state index contributed by atoms with van der Waals surface area (Å²) in [4.78, 5) is 40.8.